The van der Waals surface area contributed by atoms with Crippen molar-refractivity contribution in [3.8, 4) is 0 Å². The molecule has 0 amide bonds. The van der Waals surface area contributed by atoms with E-state index in [0.29, 0.717) is 0 Å². The van der Waals surface area contributed by atoms with Crippen LogP contribution in [0.2, 0.25) is 0 Å². The summed E-state index contributed by atoms with van der Waals surface area (Å²) in [7, 11) is 0. The first-order valence-corrected chi connectivity index (χ1v) is 9.91. The van der Waals surface area contributed by atoms with Crippen LogP contribution < -0.4 is 37.2 Å². The molecule has 0 aliphatic rings. The van der Waals surface area contributed by atoms with E-state index in [1.54, 1.807) is 0 Å². The van der Waals surface area contributed by atoms with E-state index >= 15 is 0 Å². The van der Waals surface area contributed by atoms with E-state index < -0.39 is 0 Å². The average molecular weight is 520 g/mol. The number of fused-ring (bicyclic) bond motifs is 2. The van der Waals surface area contributed by atoms with Gasteiger partial charge in [-0.25, -0.2) is 9.97 Å². The zero-order chi connectivity index (χ0) is 18.5. The summed E-state index contributed by atoms with van der Waals surface area (Å²) in [4.78, 5) is 18.9. The first-order valence-electron chi connectivity index (χ1n) is 9.91. The number of para-hydroxylation sites is 4. The van der Waals surface area contributed by atoms with Crippen molar-refractivity contribution >= 4 is 22.1 Å². The minimum absolute atomic E-state index is 0. The second-order valence-corrected chi connectivity index (χ2v) is 7.17. The average Bonchev–Trinajstić information content (AvgIpc) is 3.27. The van der Waals surface area contributed by atoms with Crippen LogP contribution in [0.15, 0.2) is 48.5 Å². The molecule has 0 bridgehead atoms. The number of rotatable bonds is 9. The van der Waals surface area contributed by atoms with E-state index in [4.69, 9.17) is 9.97 Å². The van der Waals surface area contributed by atoms with Gasteiger partial charge in [0.05, 0.1) is 35.2 Å². The number of hydrogen-bond acceptors (Lipinski definition) is 3. The topological polar surface area (TPSA) is 60.6 Å². The van der Waals surface area contributed by atoms with Gasteiger partial charge in [0.25, 0.3) is 0 Å². The zero-order valence-electron chi connectivity index (χ0n) is 17.5. The number of halogens is 3. The molecule has 2 heterocycles. The van der Waals surface area contributed by atoms with Crippen LogP contribution >= 0.6 is 0 Å². The summed E-state index contributed by atoms with van der Waals surface area (Å²) in [6.45, 7) is 4.91. The number of nitrogens with one attached hydrogen (secondary N) is 2. The molecular weight excluding hydrogens is 493 g/mol. The van der Waals surface area contributed by atoms with Crippen molar-refractivity contribution in [1.29, 1.82) is 0 Å². The van der Waals surface area contributed by atoms with Crippen molar-refractivity contribution < 1.29 is 54.6 Å². The first kappa shape index (κ1) is 29.7. The van der Waals surface area contributed by atoms with Gasteiger partial charge in [-0.15, -0.1) is 0 Å². The number of unbranched alkanes of at least 4 members (excludes halogenated alkanes) is 3. The summed E-state index contributed by atoms with van der Waals surface area (Å²) >= 11 is 0. The van der Waals surface area contributed by atoms with Gasteiger partial charge in [0.1, 0.15) is 11.6 Å². The van der Waals surface area contributed by atoms with Gasteiger partial charge in [0.2, 0.25) is 0 Å². The van der Waals surface area contributed by atoms with Gasteiger partial charge in [-0.3, -0.25) is 4.90 Å². The summed E-state index contributed by atoms with van der Waals surface area (Å²) < 4.78 is 0. The maximum absolute atomic E-state index is 4.75. The Balaban J connectivity index is 0.00000225. The van der Waals surface area contributed by atoms with Crippen molar-refractivity contribution in [3.63, 3.8) is 0 Å². The minimum Gasteiger partial charge on any atom is -1.00 e. The van der Waals surface area contributed by atoms with E-state index in [1.807, 2.05) is 24.3 Å². The summed E-state index contributed by atoms with van der Waals surface area (Å²) in [6, 6.07) is 16.4. The summed E-state index contributed by atoms with van der Waals surface area (Å²) in [5, 5.41) is 0. The molecule has 31 heavy (non-hydrogen) atoms. The number of nitrogens with zero attached hydrogens (tertiary/aromatic N) is 3. The molecule has 0 aliphatic carbocycles. The smallest absolute Gasteiger partial charge is 1.00 e. The molecule has 4 aromatic rings. The molecule has 4 rings (SSSR count). The molecule has 167 valence electrons. The van der Waals surface area contributed by atoms with E-state index in [-0.39, 0.29) is 54.6 Å². The third kappa shape index (κ3) is 7.98. The Hall–Kier alpha value is -1.26. The van der Waals surface area contributed by atoms with E-state index in [9.17, 15) is 0 Å². The number of H-pyrrole nitrogens is 2. The van der Waals surface area contributed by atoms with Gasteiger partial charge in [-0.05, 0) is 37.2 Å². The third-order valence-corrected chi connectivity index (χ3v) is 4.95. The molecule has 0 unspecified atom stereocenters. The molecule has 0 saturated carbocycles. The largest absolute Gasteiger partial charge is 3.00 e. The Morgan fingerprint density at radius 1 is 0.710 bits per heavy atom. The van der Waals surface area contributed by atoms with Crippen molar-refractivity contribution in [2.75, 3.05) is 6.54 Å². The summed E-state index contributed by atoms with van der Waals surface area (Å²) in [5.74, 6) is 2.03. The van der Waals surface area contributed by atoms with Gasteiger partial charge in [-0.1, -0.05) is 50.5 Å². The minimum atomic E-state index is 0. The predicted molar refractivity (Wildman–Crippen MR) is 110 cm³/mol. The van der Waals surface area contributed by atoms with E-state index in [0.717, 1.165) is 53.3 Å². The molecule has 1 radical (unpaired) electrons. The Kier molecular flexibility index (Phi) is 14.1. The van der Waals surface area contributed by atoms with Crippen LogP contribution in [0.3, 0.4) is 0 Å². The molecule has 5 nitrogen and oxygen atoms in total. The maximum Gasteiger partial charge on any atom is 3.00 e. The van der Waals surface area contributed by atoms with Crippen LogP contribution in [0, 0.1) is 0 Å². The normalized spacial score (nSPS) is 10.3. The van der Waals surface area contributed by atoms with Crippen molar-refractivity contribution in [2.24, 2.45) is 0 Å². The molecule has 0 aliphatic heterocycles. The molecule has 2 aromatic carbocycles. The van der Waals surface area contributed by atoms with Crippen LogP contribution in [0.4, 0.5) is 0 Å². The Bertz CT molecular complexity index is 878. The number of hydrogen-bond donors (Lipinski definition) is 2. The number of aromatic amines is 2. The van der Waals surface area contributed by atoms with Gasteiger partial charge >= 0.3 is 17.4 Å². The Morgan fingerprint density at radius 3 is 1.65 bits per heavy atom. The molecule has 0 atom stereocenters. The fourth-order valence-corrected chi connectivity index (χ4v) is 3.56. The number of aromatic nitrogens is 4. The Labute approximate surface area is 213 Å². The quantitative estimate of drug-likeness (QED) is 0.222. The molecule has 0 fully saturated rings. The van der Waals surface area contributed by atoms with Crippen LogP contribution in [0.5, 0.6) is 0 Å². The molecule has 0 saturated heterocycles. The number of benzene rings is 2. The van der Waals surface area contributed by atoms with Crippen LogP contribution in [0.25, 0.3) is 22.1 Å². The van der Waals surface area contributed by atoms with Gasteiger partial charge in [0.15, 0.2) is 0 Å². The zero-order valence-corrected chi connectivity index (χ0v) is 21.0. The first-order chi connectivity index (χ1) is 13.3. The number of imidazole rings is 2. The SMILES string of the molecule is CCCCCCN(Cc1nc2ccccc2[nH]1)Cc1nc2ccccc2[nH]1.[Cl-].[Cl-].[Cl-].[Cr+3]. The second kappa shape index (κ2) is 14.7. The standard InChI is InChI=1S/C22H27N5.3ClH.Cr/c1-2-3-4-9-14-27(15-21-23-17-10-5-6-11-18(17)24-21)16-22-25-19-12-7-8-13-20(19)26-22;;;;/h5-8,10-13H,2-4,9,14-16H2,1H3,(H,23,24)(H,25,26);3*1H;/q;;;;+3/p-3. The molecule has 2 aromatic heterocycles. The third-order valence-electron chi connectivity index (χ3n) is 4.95. The summed E-state index contributed by atoms with van der Waals surface area (Å²) in [6.07, 6.45) is 5.03. The fourth-order valence-electron chi connectivity index (χ4n) is 3.56. The second-order valence-electron chi connectivity index (χ2n) is 7.17. The van der Waals surface area contributed by atoms with Crippen LogP contribution in [-0.4, -0.2) is 31.4 Å². The Morgan fingerprint density at radius 2 is 1.19 bits per heavy atom. The van der Waals surface area contributed by atoms with E-state index in [2.05, 4.69) is 46.1 Å². The molecule has 2 N–H and O–H groups in total. The van der Waals surface area contributed by atoms with Crippen LogP contribution in [0.1, 0.15) is 44.3 Å². The molecule has 9 heteroatoms. The van der Waals surface area contributed by atoms with Gasteiger partial charge in [-0.2, -0.15) is 0 Å². The maximum atomic E-state index is 4.75. The van der Waals surface area contributed by atoms with Gasteiger partial charge in [0, 0.05) is 0 Å². The van der Waals surface area contributed by atoms with Crippen LogP contribution in [-0.2, 0) is 30.5 Å². The van der Waals surface area contributed by atoms with Crippen molar-refractivity contribution in [1.82, 2.24) is 24.8 Å². The monoisotopic (exact) mass is 518 g/mol. The van der Waals surface area contributed by atoms with Gasteiger partial charge < -0.3 is 47.2 Å². The predicted octanol–water partition coefficient (Wildman–Crippen LogP) is -3.97. The van der Waals surface area contributed by atoms with E-state index in [1.165, 1.54) is 25.7 Å². The molecule has 0 spiro atoms. The van der Waals surface area contributed by atoms with Crippen molar-refractivity contribution in [3.05, 3.63) is 60.2 Å². The fraction of sp³-hybridized carbons (Fsp3) is 0.364. The van der Waals surface area contributed by atoms with Crippen molar-refractivity contribution in [2.45, 2.75) is 45.7 Å². The molecular formula is C22H27Cl3CrN5. The summed E-state index contributed by atoms with van der Waals surface area (Å²) in [5.41, 5.74) is 4.26.